The maximum Gasteiger partial charge on any atom is 0.270 e. The number of nitrogens with one attached hydrogen (secondary N) is 1. The Morgan fingerprint density at radius 1 is 1.56 bits per heavy atom. The Labute approximate surface area is 112 Å². The number of benzene rings is 1. The molecular weight excluding hydrogens is 302 g/mol. The van der Waals surface area contributed by atoms with Crippen LogP contribution in [0.5, 0.6) is 0 Å². The smallest absolute Gasteiger partial charge is 0.270 e. The van der Waals surface area contributed by atoms with E-state index in [9.17, 15) is 14.9 Å². The second-order valence-corrected chi connectivity index (χ2v) is 4.87. The van der Waals surface area contributed by atoms with Gasteiger partial charge in [-0.3, -0.25) is 14.9 Å². The van der Waals surface area contributed by atoms with Gasteiger partial charge in [-0.1, -0.05) is 0 Å². The number of nitro benzene ring substituents is 1. The van der Waals surface area contributed by atoms with Crippen LogP contribution < -0.4 is 10.2 Å². The minimum absolute atomic E-state index is 0.00226. The Bertz CT molecular complexity index is 506. The summed E-state index contributed by atoms with van der Waals surface area (Å²) in [7, 11) is 1.75. The molecule has 1 N–H and O–H groups in total. The van der Waals surface area contributed by atoms with Gasteiger partial charge in [-0.2, -0.15) is 0 Å². The van der Waals surface area contributed by atoms with Gasteiger partial charge in [0.15, 0.2) is 0 Å². The van der Waals surface area contributed by atoms with E-state index in [1.807, 2.05) is 0 Å². The molecule has 1 fully saturated rings. The van der Waals surface area contributed by atoms with E-state index < -0.39 is 4.92 Å². The van der Waals surface area contributed by atoms with Crippen LogP contribution in [0, 0.1) is 10.1 Å². The molecule has 1 saturated heterocycles. The Hall–Kier alpha value is -1.47. The molecule has 0 aromatic heterocycles. The van der Waals surface area contributed by atoms with E-state index in [4.69, 9.17) is 0 Å². The van der Waals surface area contributed by atoms with Gasteiger partial charge < -0.3 is 10.2 Å². The summed E-state index contributed by atoms with van der Waals surface area (Å²) in [6.45, 7) is 0.612. The fourth-order valence-electron chi connectivity index (χ4n) is 2.02. The van der Waals surface area contributed by atoms with Gasteiger partial charge in [0.1, 0.15) is 0 Å². The Morgan fingerprint density at radius 2 is 2.28 bits per heavy atom. The molecule has 1 aliphatic rings. The molecule has 1 amide bonds. The zero-order chi connectivity index (χ0) is 13.3. The predicted molar refractivity (Wildman–Crippen MR) is 70.6 cm³/mol. The third-order valence-electron chi connectivity index (χ3n) is 2.99. The van der Waals surface area contributed by atoms with Crippen LogP contribution >= 0.6 is 15.9 Å². The Kier molecular flexibility index (Phi) is 3.63. The summed E-state index contributed by atoms with van der Waals surface area (Å²) in [5, 5.41) is 13.6. The number of anilines is 1. The number of halogens is 1. The molecule has 1 heterocycles. The van der Waals surface area contributed by atoms with Gasteiger partial charge in [0, 0.05) is 23.2 Å². The van der Waals surface area contributed by atoms with Gasteiger partial charge in [0.2, 0.25) is 5.91 Å². The first kappa shape index (κ1) is 13.0. The van der Waals surface area contributed by atoms with E-state index in [0.29, 0.717) is 16.7 Å². The predicted octanol–water partition coefficient (Wildman–Crippen LogP) is 1.68. The second-order valence-electron chi connectivity index (χ2n) is 4.01. The van der Waals surface area contributed by atoms with Crippen molar-refractivity contribution in [3.8, 4) is 0 Å². The van der Waals surface area contributed by atoms with E-state index in [1.165, 1.54) is 12.1 Å². The van der Waals surface area contributed by atoms with Crippen LogP contribution in [-0.2, 0) is 4.79 Å². The number of likely N-dealkylation sites (N-methyl/N-ethyl adjacent to an activating group) is 1. The zero-order valence-corrected chi connectivity index (χ0v) is 11.3. The van der Waals surface area contributed by atoms with E-state index in [1.54, 1.807) is 18.0 Å². The minimum Gasteiger partial charge on any atom is -0.310 e. The van der Waals surface area contributed by atoms with E-state index in [2.05, 4.69) is 21.2 Å². The number of nitro groups is 1. The Balaban J connectivity index is 2.30. The molecular formula is C11H12BrN3O3. The fourth-order valence-corrected chi connectivity index (χ4v) is 2.60. The van der Waals surface area contributed by atoms with Gasteiger partial charge in [-0.05, 0) is 35.5 Å². The molecule has 7 heteroatoms. The molecule has 18 heavy (non-hydrogen) atoms. The fraction of sp³-hybridized carbons (Fsp3) is 0.364. The highest BCUT2D eigenvalue weighted by molar-refractivity contribution is 9.10. The number of non-ortho nitro benzene ring substituents is 1. The number of hydrogen-bond donors (Lipinski definition) is 1. The zero-order valence-electron chi connectivity index (χ0n) is 9.72. The van der Waals surface area contributed by atoms with Crippen molar-refractivity contribution in [3.05, 3.63) is 32.8 Å². The highest BCUT2D eigenvalue weighted by Gasteiger charge is 2.32. The maximum atomic E-state index is 12.0. The normalized spacial score (nSPS) is 19.3. The average Bonchev–Trinajstić information content (AvgIpc) is 2.70. The molecule has 1 aromatic carbocycles. The van der Waals surface area contributed by atoms with Crippen LogP contribution in [-0.4, -0.2) is 30.5 Å². The van der Waals surface area contributed by atoms with E-state index in [0.717, 1.165) is 6.42 Å². The summed E-state index contributed by atoms with van der Waals surface area (Å²) in [5.41, 5.74) is 0.672. The van der Waals surface area contributed by atoms with Gasteiger partial charge in [0.25, 0.3) is 5.69 Å². The first-order valence-corrected chi connectivity index (χ1v) is 6.26. The summed E-state index contributed by atoms with van der Waals surface area (Å²) < 4.78 is 0.557. The molecule has 2 rings (SSSR count). The van der Waals surface area contributed by atoms with Crippen molar-refractivity contribution in [1.82, 2.24) is 5.32 Å². The average molecular weight is 314 g/mol. The van der Waals surface area contributed by atoms with Crippen LogP contribution in [0.3, 0.4) is 0 Å². The van der Waals surface area contributed by atoms with Gasteiger partial charge in [0.05, 0.1) is 16.7 Å². The maximum absolute atomic E-state index is 12.0. The summed E-state index contributed by atoms with van der Waals surface area (Å²) in [6, 6.07) is 4.24. The van der Waals surface area contributed by atoms with Gasteiger partial charge >= 0.3 is 0 Å². The molecule has 1 aromatic rings. The van der Waals surface area contributed by atoms with Crippen molar-refractivity contribution in [3.63, 3.8) is 0 Å². The van der Waals surface area contributed by atoms with Gasteiger partial charge in [-0.15, -0.1) is 0 Å². The van der Waals surface area contributed by atoms with Crippen molar-refractivity contribution in [1.29, 1.82) is 0 Å². The van der Waals surface area contributed by atoms with Crippen LogP contribution in [0.15, 0.2) is 22.7 Å². The van der Waals surface area contributed by atoms with Crippen LogP contribution in [0.1, 0.15) is 6.42 Å². The molecule has 6 nitrogen and oxygen atoms in total. The van der Waals surface area contributed by atoms with Gasteiger partial charge in [-0.25, -0.2) is 0 Å². The van der Waals surface area contributed by atoms with Crippen LogP contribution in [0.25, 0.3) is 0 Å². The first-order valence-electron chi connectivity index (χ1n) is 5.47. The van der Waals surface area contributed by atoms with Crippen molar-refractivity contribution in [2.24, 2.45) is 0 Å². The van der Waals surface area contributed by atoms with Crippen molar-refractivity contribution in [2.75, 3.05) is 18.5 Å². The molecule has 1 unspecified atom stereocenters. The highest BCUT2D eigenvalue weighted by atomic mass is 79.9. The number of rotatable bonds is 3. The number of carbonyl (C=O) groups is 1. The van der Waals surface area contributed by atoms with Crippen molar-refractivity contribution in [2.45, 2.75) is 12.5 Å². The lowest BCUT2D eigenvalue weighted by Crippen LogP contribution is -2.36. The van der Waals surface area contributed by atoms with Crippen molar-refractivity contribution >= 4 is 33.2 Å². The van der Waals surface area contributed by atoms with Crippen LogP contribution in [0.2, 0.25) is 0 Å². The quantitative estimate of drug-likeness (QED) is 0.680. The summed E-state index contributed by atoms with van der Waals surface area (Å²) in [6.07, 6.45) is 0.735. The number of nitrogens with zero attached hydrogens (tertiary/aromatic N) is 2. The lowest BCUT2D eigenvalue weighted by molar-refractivity contribution is -0.384. The van der Waals surface area contributed by atoms with E-state index in [-0.39, 0.29) is 17.6 Å². The lowest BCUT2D eigenvalue weighted by atomic mass is 10.2. The molecule has 1 atom stereocenters. The summed E-state index contributed by atoms with van der Waals surface area (Å²) >= 11 is 3.28. The van der Waals surface area contributed by atoms with E-state index >= 15 is 0 Å². The molecule has 1 aliphatic heterocycles. The minimum atomic E-state index is -0.462. The number of amides is 1. The summed E-state index contributed by atoms with van der Waals surface area (Å²) in [5.74, 6) is -0.00736. The molecule has 0 saturated carbocycles. The van der Waals surface area contributed by atoms with Crippen LogP contribution in [0.4, 0.5) is 11.4 Å². The number of carbonyl (C=O) groups excluding carboxylic acids is 1. The molecule has 0 bridgehead atoms. The molecule has 0 aliphatic carbocycles. The molecule has 0 radical (unpaired) electrons. The standard InChI is InChI=1S/C11H12BrN3O3/c1-13-9-4-5-14(11(9)16)10-3-2-7(15(17)18)6-8(10)12/h2-3,6,9,13H,4-5H2,1H3. The highest BCUT2D eigenvalue weighted by Crippen LogP contribution is 2.32. The molecule has 0 spiro atoms. The Morgan fingerprint density at radius 3 is 2.78 bits per heavy atom. The second kappa shape index (κ2) is 5.03. The third kappa shape index (κ3) is 2.23. The van der Waals surface area contributed by atoms with Crippen molar-refractivity contribution < 1.29 is 9.72 Å². The largest absolute Gasteiger partial charge is 0.310 e. The third-order valence-corrected chi connectivity index (χ3v) is 3.62. The number of hydrogen-bond acceptors (Lipinski definition) is 4. The SMILES string of the molecule is CNC1CCN(c2ccc([N+](=O)[O-])cc2Br)C1=O. The summed E-state index contributed by atoms with van der Waals surface area (Å²) in [4.78, 5) is 23.8. The topological polar surface area (TPSA) is 75.5 Å². The molecule has 96 valence electrons. The lowest BCUT2D eigenvalue weighted by Gasteiger charge is -2.18. The monoisotopic (exact) mass is 313 g/mol. The first-order chi connectivity index (χ1) is 8.54.